The number of aryl methyl sites for hydroxylation is 2. The van der Waals surface area contributed by atoms with Crippen LogP contribution in [0.15, 0.2) is 30.3 Å². The van der Waals surface area contributed by atoms with Gasteiger partial charge in [0, 0.05) is 18.8 Å². The van der Waals surface area contributed by atoms with E-state index in [9.17, 15) is 9.90 Å². The topological polar surface area (TPSA) is 79.2 Å². The van der Waals surface area contributed by atoms with E-state index < -0.39 is 6.04 Å². The summed E-state index contributed by atoms with van der Waals surface area (Å²) in [6.07, 6.45) is 0.716. The summed E-state index contributed by atoms with van der Waals surface area (Å²) in [5.41, 5.74) is 4.13. The molecule has 0 saturated carbocycles. The largest absolute Gasteiger partial charge is 0.394 e. The van der Waals surface area contributed by atoms with Crippen LogP contribution in [0, 0.1) is 13.8 Å². The van der Waals surface area contributed by atoms with Gasteiger partial charge >= 0.3 is 6.03 Å². The Hall–Kier alpha value is -2.34. The molecule has 0 unspecified atom stereocenters. The standard InChI is InChI=1S/C18H26N4O2/c1-12(10-16-13(2)21-22(4)14(16)3)19-18(24)20-17(11-23)15-8-6-5-7-9-15/h5-9,12,17,23H,10-11H2,1-4H3,(H2,19,20,24)/t12-,17+/m1/s1. The predicted octanol–water partition coefficient (Wildman–Crippen LogP) is 2.00. The SMILES string of the molecule is Cc1nn(C)c(C)c1C[C@@H](C)NC(=O)N[C@@H](CO)c1ccccc1. The van der Waals surface area contributed by atoms with E-state index in [2.05, 4.69) is 15.7 Å². The van der Waals surface area contributed by atoms with Crippen molar-refractivity contribution < 1.29 is 9.90 Å². The molecule has 0 saturated heterocycles. The van der Waals surface area contributed by atoms with Crippen LogP contribution in [0.3, 0.4) is 0 Å². The van der Waals surface area contributed by atoms with Crippen molar-refractivity contribution in [3.63, 3.8) is 0 Å². The molecule has 6 nitrogen and oxygen atoms in total. The Morgan fingerprint density at radius 2 is 1.92 bits per heavy atom. The third kappa shape index (κ3) is 4.35. The molecular weight excluding hydrogens is 304 g/mol. The Bertz CT molecular complexity index is 682. The number of rotatable bonds is 6. The number of aromatic nitrogens is 2. The van der Waals surface area contributed by atoms with Crippen LogP contribution in [0.4, 0.5) is 4.79 Å². The van der Waals surface area contributed by atoms with Gasteiger partial charge in [0.1, 0.15) is 0 Å². The van der Waals surface area contributed by atoms with E-state index in [0.29, 0.717) is 6.42 Å². The number of nitrogens with one attached hydrogen (secondary N) is 2. The molecule has 3 N–H and O–H groups in total. The first-order valence-electron chi connectivity index (χ1n) is 8.14. The molecule has 2 aromatic rings. The van der Waals surface area contributed by atoms with E-state index in [4.69, 9.17) is 0 Å². The molecule has 1 aromatic carbocycles. The predicted molar refractivity (Wildman–Crippen MR) is 93.8 cm³/mol. The van der Waals surface area contributed by atoms with Crippen LogP contribution in [0.5, 0.6) is 0 Å². The van der Waals surface area contributed by atoms with Gasteiger partial charge in [-0.15, -0.1) is 0 Å². The van der Waals surface area contributed by atoms with Crippen LogP contribution < -0.4 is 10.6 Å². The molecule has 2 amide bonds. The fraction of sp³-hybridized carbons (Fsp3) is 0.444. The molecule has 2 atom stereocenters. The molecule has 0 radical (unpaired) electrons. The van der Waals surface area contributed by atoms with Crippen molar-refractivity contribution in [3.05, 3.63) is 52.8 Å². The van der Waals surface area contributed by atoms with Gasteiger partial charge in [-0.05, 0) is 38.3 Å². The second-order valence-electron chi connectivity index (χ2n) is 6.14. The number of urea groups is 1. The van der Waals surface area contributed by atoms with Crippen molar-refractivity contribution in [3.8, 4) is 0 Å². The molecule has 24 heavy (non-hydrogen) atoms. The molecule has 0 aliphatic carbocycles. The first kappa shape index (κ1) is 18.0. The van der Waals surface area contributed by atoms with Crippen molar-refractivity contribution in [1.82, 2.24) is 20.4 Å². The second-order valence-corrected chi connectivity index (χ2v) is 6.14. The number of carbonyl (C=O) groups excluding carboxylic acids is 1. The maximum Gasteiger partial charge on any atom is 0.315 e. The van der Waals surface area contributed by atoms with Gasteiger partial charge in [-0.3, -0.25) is 4.68 Å². The summed E-state index contributed by atoms with van der Waals surface area (Å²) in [4.78, 5) is 12.2. The third-order valence-corrected chi connectivity index (χ3v) is 4.24. The van der Waals surface area contributed by atoms with Crippen molar-refractivity contribution in [1.29, 1.82) is 0 Å². The normalized spacial score (nSPS) is 13.4. The second kappa shape index (κ2) is 7.97. The Morgan fingerprint density at radius 3 is 2.46 bits per heavy atom. The minimum absolute atomic E-state index is 0.0401. The summed E-state index contributed by atoms with van der Waals surface area (Å²) in [6, 6.07) is 8.69. The Morgan fingerprint density at radius 1 is 1.25 bits per heavy atom. The van der Waals surface area contributed by atoms with Crippen LogP contribution in [0.2, 0.25) is 0 Å². The zero-order valence-corrected chi connectivity index (χ0v) is 14.7. The number of aliphatic hydroxyl groups is 1. The summed E-state index contributed by atoms with van der Waals surface area (Å²) < 4.78 is 1.86. The van der Waals surface area contributed by atoms with E-state index >= 15 is 0 Å². The maximum atomic E-state index is 12.2. The number of carbonyl (C=O) groups is 1. The summed E-state index contributed by atoms with van der Waals surface area (Å²) in [5, 5.41) is 19.7. The average molecular weight is 330 g/mol. The average Bonchev–Trinajstić information content (AvgIpc) is 2.79. The van der Waals surface area contributed by atoms with Gasteiger partial charge in [-0.2, -0.15) is 5.10 Å². The smallest absolute Gasteiger partial charge is 0.315 e. The van der Waals surface area contributed by atoms with Gasteiger partial charge in [0.15, 0.2) is 0 Å². The molecule has 130 valence electrons. The highest BCUT2D eigenvalue weighted by Gasteiger charge is 2.17. The van der Waals surface area contributed by atoms with E-state index in [0.717, 1.165) is 22.5 Å². The third-order valence-electron chi connectivity index (χ3n) is 4.24. The van der Waals surface area contributed by atoms with Crippen molar-refractivity contribution >= 4 is 6.03 Å². The molecule has 2 rings (SSSR count). The lowest BCUT2D eigenvalue weighted by Crippen LogP contribution is -2.44. The molecular formula is C18H26N4O2. The Labute approximate surface area is 142 Å². The first-order chi connectivity index (χ1) is 11.4. The molecule has 0 aliphatic rings. The lowest BCUT2D eigenvalue weighted by molar-refractivity contribution is 0.214. The fourth-order valence-electron chi connectivity index (χ4n) is 2.81. The van der Waals surface area contributed by atoms with Crippen LogP contribution in [-0.4, -0.2) is 33.6 Å². The molecule has 1 heterocycles. The minimum Gasteiger partial charge on any atom is -0.394 e. The van der Waals surface area contributed by atoms with Crippen LogP contribution >= 0.6 is 0 Å². The lowest BCUT2D eigenvalue weighted by atomic mass is 10.1. The molecule has 0 aliphatic heterocycles. The van der Waals surface area contributed by atoms with Gasteiger partial charge < -0.3 is 15.7 Å². The summed E-state index contributed by atoms with van der Waals surface area (Å²) in [5.74, 6) is 0. The highest BCUT2D eigenvalue weighted by atomic mass is 16.3. The molecule has 0 bridgehead atoms. The Balaban J connectivity index is 1.93. The van der Waals surface area contributed by atoms with E-state index in [1.807, 2.05) is 62.8 Å². The molecule has 0 spiro atoms. The molecule has 6 heteroatoms. The van der Waals surface area contributed by atoms with Gasteiger partial charge in [-0.25, -0.2) is 4.79 Å². The summed E-state index contributed by atoms with van der Waals surface area (Å²) in [6.45, 7) is 5.82. The van der Waals surface area contributed by atoms with Gasteiger partial charge in [0.2, 0.25) is 0 Å². The van der Waals surface area contributed by atoms with E-state index in [-0.39, 0.29) is 18.7 Å². The summed E-state index contributed by atoms with van der Waals surface area (Å²) >= 11 is 0. The fourth-order valence-corrected chi connectivity index (χ4v) is 2.81. The zero-order valence-electron chi connectivity index (χ0n) is 14.7. The minimum atomic E-state index is -0.416. The van der Waals surface area contributed by atoms with Gasteiger partial charge in [0.25, 0.3) is 0 Å². The first-order valence-corrected chi connectivity index (χ1v) is 8.14. The number of hydrogen-bond acceptors (Lipinski definition) is 3. The quantitative estimate of drug-likeness (QED) is 0.758. The monoisotopic (exact) mass is 330 g/mol. The van der Waals surface area contributed by atoms with Crippen LogP contribution in [0.1, 0.15) is 35.5 Å². The Kier molecular flexibility index (Phi) is 5.98. The number of benzene rings is 1. The number of aliphatic hydroxyl groups excluding tert-OH is 1. The highest BCUT2D eigenvalue weighted by molar-refractivity contribution is 5.74. The van der Waals surface area contributed by atoms with Crippen molar-refractivity contribution in [2.45, 2.75) is 39.3 Å². The number of nitrogens with zero attached hydrogens (tertiary/aromatic N) is 2. The summed E-state index contributed by atoms with van der Waals surface area (Å²) in [7, 11) is 1.92. The molecule has 1 aromatic heterocycles. The number of amides is 2. The molecule has 0 fully saturated rings. The van der Waals surface area contributed by atoms with Gasteiger partial charge in [0.05, 0.1) is 18.3 Å². The zero-order chi connectivity index (χ0) is 17.7. The van der Waals surface area contributed by atoms with Crippen molar-refractivity contribution in [2.75, 3.05) is 6.61 Å². The van der Waals surface area contributed by atoms with Crippen LogP contribution in [0.25, 0.3) is 0 Å². The van der Waals surface area contributed by atoms with Crippen molar-refractivity contribution in [2.24, 2.45) is 7.05 Å². The highest BCUT2D eigenvalue weighted by Crippen LogP contribution is 2.14. The lowest BCUT2D eigenvalue weighted by Gasteiger charge is -2.20. The van der Waals surface area contributed by atoms with Gasteiger partial charge in [-0.1, -0.05) is 30.3 Å². The van der Waals surface area contributed by atoms with E-state index in [1.54, 1.807) is 0 Å². The van der Waals surface area contributed by atoms with E-state index in [1.165, 1.54) is 0 Å². The maximum absolute atomic E-state index is 12.2. The number of hydrogen-bond donors (Lipinski definition) is 3. The van der Waals surface area contributed by atoms with Crippen LogP contribution in [-0.2, 0) is 13.5 Å².